The molecule has 2 aliphatic heterocycles. The van der Waals surface area contributed by atoms with E-state index in [1.54, 1.807) is 30.3 Å². The molecule has 44 heavy (non-hydrogen) atoms. The largest absolute Gasteiger partial charge is 0.495 e. The second kappa shape index (κ2) is 13.9. The van der Waals surface area contributed by atoms with Crippen molar-refractivity contribution >= 4 is 33.2 Å². The van der Waals surface area contributed by atoms with Gasteiger partial charge in [-0.25, -0.2) is 12.8 Å². The van der Waals surface area contributed by atoms with Crippen LogP contribution in [0.1, 0.15) is 36.3 Å². The Bertz CT molecular complexity index is 1650. The number of azide groups is 1. The summed E-state index contributed by atoms with van der Waals surface area (Å²) in [5, 5.41) is 7.19. The standard InChI is InChI=1S/C30H32ClFN6O5S/c1-42-26-4-2-3-5-27(26)44(40,41)38-18-22(38)10-11-23-24(32)16-34-17-25(23)35-30(39)29(36-37-33)28(20-12-14-43-15-13-20)19-6-8-21(31)9-7-19/h2-9,16-17,20,22,28-29H,10-15,18H2,1H3,(H,35,39)/t22?,28-,29+,38?/m0/s1. The first-order valence-corrected chi connectivity index (χ1v) is 16.0. The SMILES string of the molecule is COc1ccccc1S(=O)(=O)N1CC1CCc1c(F)cncc1NC(=O)[C@H](N=[N+]=[N-])[C@@H](c1ccc(Cl)cc1)C1CCOCC1. The molecule has 1 N–H and O–H groups in total. The predicted octanol–water partition coefficient (Wildman–Crippen LogP) is 5.72. The van der Waals surface area contributed by atoms with Crippen molar-refractivity contribution in [3.05, 3.63) is 93.3 Å². The van der Waals surface area contributed by atoms with E-state index in [1.165, 1.54) is 23.7 Å². The number of anilines is 1. The molecule has 2 aliphatic rings. The molecule has 232 valence electrons. The number of hydrogen-bond donors (Lipinski definition) is 1. The number of methoxy groups -OCH3 is 1. The van der Waals surface area contributed by atoms with Gasteiger partial charge in [0.2, 0.25) is 15.9 Å². The van der Waals surface area contributed by atoms with Crippen molar-refractivity contribution < 1.29 is 27.1 Å². The van der Waals surface area contributed by atoms with Gasteiger partial charge in [0.15, 0.2) is 0 Å². The van der Waals surface area contributed by atoms with Gasteiger partial charge >= 0.3 is 0 Å². The fourth-order valence-corrected chi connectivity index (χ4v) is 7.71. The zero-order chi connectivity index (χ0) is 31.3. The molecule has 0 aliphatic carbocycles. The molecule has 2 fully saturated rings. The van der Waals surface area contributed by atoms with Gasteiger partial charge in [0, 0.05) is 47.2 Å². The Morgan fingerprint density at radius 1 is 1.23 bits per heavy atom. The van der Waals surface area contributed by atoms with E-state index in [4.69, 9.17) is 21.1 Å². The average molecular weight is 643 g/mol. The summed E-state index contributed by atoms with van der Waals surface area (Å²) in [5.74, 6) is -1.48. The number of nitrogens with zero attached hydrogens (tertiary/aromatic N) is 5. The molecule has 5 rings (SSSR count). The number of carbonyl (C=O) groups is 1. The number of pyridine rings is 1. The molecule has 0 spiro atoms. The maximum absolute atomic E-state index is 15.1. The van der Waals surface area contributed by atoms with E-state index in [0.29, 0.717) is 37.5 Å². The zero-order valence-corrected chi connectivity index (χ0v) is 25.5. The lowest BCUT2D eigenvalue weighted by molar-refractivity contribution is -0.118. The second-order valence-corrected chi connectivity index (χ2v) is 13.0. The fraction of sp³-hybridized carbons (Fsp3) is 0.400. The molecule has 0 saturated carbocycles. The number of carbonyl (C=O) groups excluding carboxylic acids is 1. The number of sulfonamides is 1. The Labute approximate surface area is 260 Å². The minimum Gasteiger partial charge on any atom is -0.495 e. The van der Waals surface area contributed by atoms with Crippen LogP contribution in [-0.2, 0) is 26.0 Å². The van der Waals surface area contributed by atoms with Gasteiger partial charge in [-0.2, -0.15) is 4.31 Å². The number of benzene rings is 2. The van der Waals surface area contributed by atoms with Gasteiger partial charge in [-0.15, -0.1) is 0 Å². The lowest BCUT2D eigenvalue weighted by Crippen LogP contribution is -2.37. The van der Waals surface area contributed by atoms with Crippen LogP contribution in [0.2, 0.25) is 5.02 Å². The van der Waals surface area contributed by atoms with E-state index >= 15 is 4.39 Å². The van der Waals surface area contributed by atoms with Crippen molar-refractivity contribution in [3.8, 4) is 5.75 Å². The summed E-state index contributed by atoms with van der Waals surface area (Å²) in [6.45, 7) is 1.31. The molecular weight excluding hydrogens is 611 g/mol. The molecule has 14 heteroatoms. The van der Waals surface area contributed by atoms with Crippen molar-refractivity contribution in [1.82, 2.24) is 9.29 Å². The average Bonchev–Trinajstić information content (AvgIpc) is 3.82. The van der Waals surface area contributed by atoms with E-state index in [0.717, 1.165) is 11.8 Å². The van der Waals surface area contributed by atoms with Crippen LogP contribution in [0, 0.1) is 11.7 Å². The Kier molecular flexibility index (Phi) is 10.0. The summed E-state index contributed by atoms with van der Waals surface area (Å²) < 4.78 is 53.6. The summed E-state index contributed by atoms with van der Waals surface area (Å²) in [4.78, 5) is 20.7. The maximum Gasteiger partial charge on any atom is 0.247 e. The van der Waals surface area contributed by atoms with Crippen LogP contribution in [0.4, 0.5) is 10.1 Å². The molecule has 3 heterocycles. The molecule has 2 aromatic carbocycles. The normalized spacial score (nSPS) is 19.8. The highest BCUT2D eigenvalue weighted by Crippen LogP contribution is 2.38. The Balaban J connectivity index is 1.34. The van der Waals surface area contributed by atoms with E-state index < -0.39 is 33.7 Å². The van der Waals surface area contributed by atoms with Gasteiger partial charge in [0.1, 0.15) is 22.5 Å². The smallest absolute Gasteiger partial charge is 0.247 e. The van der Waals surface area contributed by atoms with Crippen molar-refractivity contribution in [2.24, 2.45) is 11.0 Å². The minimum absolute atomic E-state index is 0.0117. The van der Waals surface area contributed by atoms with Gasteiger partial charge in [-0.05, 0) is 67.0 Å². The van der Waals surface area contributed by atoms with Gasteiger partial charge < -0.3 is 14.8 Å². The predicted molar refractivity (Wildman–Crippen MR) is 162 cm³/mol. The molecule has 0 radical (unpaired) electrons. The molecule has 1 aromatic heterocycles. The quantitative estimate of drug-likeness (QED) is 0.116. The fourth-order valence-electron chi connectivity index (χ4n) is 5.80. The molecule has 2 saturated heterocycles. The van der Waals surface area contributed by atoms with E-state index in [2.05, 4.69) is 20.3 Å². The first-order chi connectivity index (χ1) is 21.2. The monoisotopic (exact) mass is 642 g/mol. The van der Waals surface area contributed by atoms with E-state index in [9.17, 15) is 18.7 Å². The molecule has 0 bridgehead atoms. The van der Waals surface area contributed by atoms with Gasteiger partial charge in [-0.3, -0.25) is 9.78 Å². The molecule has 3 aromatic rings. The van der Waals surface area contributed by atoms with Gasteiger partial charge in [0.25, 0.3) is 0 Å². The number of nitrogens with one attached hydrogen (secondary N) is 1. The lowest BCUT2D eigenvalue weighted by atomic mass is 9.76. The third-order valence-electron chi connectivity index (χ3n) is 8.12. The van der Waals surface area contributed by atoms with Crippen LogP contribution in [0.3, 0.4) is 0 Å². The number of para-hydroxylation sites is 1. The van der Waals surface area contributed by atoms with Crippen LogP contribution < -0.4 is 10.1 Å². The number of rotatable bonds is 12. The number of ether oxygens (including phenoxy) is 2. The Hall–Kier alpha value is -3.74. The highest BCUT2D eigenvalue weighted by Gasteiger charge is 2.45. The molecule has 1 amide bonds. The summed E-state index contributed by atoms with van der Waals surface area (Å²) in [6, 6.07) is 11.9. The topological polar surface area (TPSA) is 146 Å². The number of aromatic nitrogens is 1. The highest BCUT2D eigenvalue weighted by molar-refractivity contribution is 7.89. The van der Waals surface area contributed by atoms with Crippen molar-refractivity contribution in [1.29, 1.82) is 0 Å². The van der Waals surface area contributed by atoms with Crippen LogP contribution in [0.15, 0.2) is 70.9 Å². The third-order valence-corrected chi connectivity index (χ3v) is 10.3. The molecular formula is C30H32ClFN6O5S. The van der Waals surface area contributed by atoms with Crippen LogP contribution >= 0.6 is 11.6 Å². The maximum atomic E-state index is 15.1. The highest BCUT2D eigenvalue weighted by atomic mass is 35.5. The first kappa shape index (κ1) is 31.7. The van der Waals surface area contributed by atoms with Crippen LogP contribution in [-0.4, -0.2) is 62.6 Å². The minimum atomic E-state index is -3.80. The number of amides is 1. The zero-order valence-electron chi connectivity index (χ0n) is 24.0. The lowest BCUT2D eigenvalue weighted by Gasteiger charge is -2.34. The van der Waals surface area contributed by atoms with Crippen molar-refractivity contribution in [2.45, 2.75) is 48.6 Å². The third kappa shape index (κ3) is 6.98. The molecule has 2 unspecified atom stereocenters. The Morgan fingerprint density at radius 2 is 1.95 bits per heavy atom. The van der Waals surface area contributed by atoms with Gasteiger partial charge in [-0.1, -0.05) is 41.0 Å². The van der Waals surface area contributed by atoms with Crippen LogP contribution in [0.25, 0.3) is 10.4 Å². The van der Waals surface area contributed by atoms with Crippen LogP contribution in [0.5, 0.6) is 5.75 Å². The molecule has 4 atom stereocenters. The molecule has 11 nitrogen and oxygen atoms in total. The second-order valence-electron chi connectivity index (χ2n) is 10.7. The van der Waals surface area contributed by atoms with E-state index in [-0.39, 0.29) is 46.8 Å². The number of halogens is 2. The summed E-state index contributed by atoms with van der Waals surface area (Å²) in [5.41, 5.74) is 10.6. The Morgan fingerprint density at radius 3 is 2.66 bits per heavy atom. The van der Waals surface area contributed by atoms with Crippen molar-refractivity contribution in [2.75, 3.05) is 32.2 Å². The summed E-state index contributed by atoms with van der Waals surface area (Å²) in [7, 11) is -2.39. The summed E-state index contributed by atoms with van der Waals surface area (Å²) in [6.07, 6.45) is 4.17. The van der Waals surface area contributed by atoms with Crippen molar-refractivity contribution in [3.63, 3.8) is 0 Å². The first-order valence-electron chi connectivity index (χ1n) is 14.2. The number of hydrogen-bond acceptors (Lipinski definition) is 7. The summed E-state index contributed by atoms with van der Waals surface area (Å²) >= 11 is 6.11. The van der Waals surface area contributed by atoms with Gasteiger partial charge in [0.05, 0.1) is 25.2 Å². The van der Waals surface area contributed by atoms with E-state index in [1.807, 2.05) is 12.1 Å².